The monoisotopic (exact) mass is 354 g/mol. The summed E-state index contributed by atoms with van der Waals surface area (Å²) in [5.41, 5.74) is 1.96. The molecule has 2 aromatic rings. The van der Waals surface area contributed by atoms with E-state index in [0.717, 1.165) is 49.8 Å². The van der Waals surface area contributed by atoms with Crippen LogP contribution in [-0.4, -0.2) is 55.3 Å². The van der Waals surface area contributed by atoms with E-state index in [1.165, 1.54) is 12.8 Å². The number of imidazole rings is 1. The molecule has 0 bridgehead atoms. The molecule has 2 aromatic heterocycles. The Balaban J connectivity index is 1.44. The standard InChI is InChI=1S/C19H26N6O/c1-15-9-23-16(10-22-15)11-25-14-19(5-3-18(25)26)4-2-8-24(13-19)12-17-20-6-7-21-17/h6-7,9-10H,2-5,8,11-14H2,1H3,(H,20,21)/t19-/m1/s1. The van der Waals surface area contributed by atoms with E-state index in [0.29, 0.717) is 13.0 Å². The molecule has 1 spiro atoms. The third kappa shape index (κ3) is 3.77. The van der Waals surface area contributed by atoms with Crippen LogP contribution < -0.4 is 0 Å². The summed E-state index contributed by atoms with van der Waals surface area (Å²) in [5, 5.41) is 0. The Labute approximate surface area is 153 Å². The van der Waals surface area contributed by atoms with E-state index in [1.54, 1.807) is 18.6 Å². The molecule has 2 aliphatic heterocycles. The van der Waals surface area contributed by atoms with Crippen LogP contribution in [0.4, 0.5) is 0 Å². The highest BCUT2D eigenvalue weighted by atomic mass is 16.2. The Hall–Kier alpha value is -2.28. The number of rotatable bonds is 4. The summed E-state index contributed by atoms with van der Waals surface area (Å²) in [5.74, 6) is 1.25. The zero-order valence-electron chi connectivity index (χ0n) is 15.3. The predicted molar refractivity (Wildman–Crippen MR) is 97.0 cm³/mol. The Morgan fingerprint density at radius 3 is 2.85 bits per heavy atom. The number of H-pyrrole nitrogens is 1. The molecule has 0 aliphatic carbocycles. The summed E-state index contributed by atoms with van der Waals surface area (Å²) in [4.78, 5) is 33.2. The van der Waals surface area contributed by atoms with Crippen LogP contribution in [0.25, 0.3) is 0 Å². The number of likely N-dealkylation sites (tertiary alicyclic amines) is 2. The van der Waals surface area contributed by atoms with Gasteiger partial charge < -0.3 is 9.88 Å². The van der Waals surface area contributed by atoms with Gasteiger partial charge in [0.1, 0.15) is 5.82 Å². The SMILES string of the molecule is Cc1cnc(CN2C[C@]3(CCCN(Cc4ncc[nH]4)C3)CCC2=O)cn1. The summed E-state index contributed by atoms with van der Waals surface area (Å²) in [7, 11) is 0. The summed E-state index contributed by atoms with van der Waals surface area (Å²) < 4.78 is 0. The van der Waals surface area contributed by atoms with Crippen LogP contribution in [0.1, 0.15) is 42.9 Å². The molecule has 138 valence electrons. The van der Waals surface area contributed by atoms with E-state index in [-0.39, 0.29) is 11.3 Å². The van der Waals surface area contributed by atoms with Crippen LogP contribution in [0, 0.1) is 12.3 Å². The summed E-state index contributed by atoms with van der Waals surface area (Å²) in [6.45, 7) is 6.28. The van der Waals surface area contributed by atoms with Gasteiger partial charge in [-0.1, -0.05) is 0 Å². The molecule has 2 saturated heterocycles. The van der Waals surface area contributed by atoms with E-state index in [2.05, 4.69) is 24.8 Å². The van der Waals surface area contributed by atoms with Gasteiger partial charge in [0.2, 0.25) is 5.91 Å². The maximum Gasteiger partial charge on any atom is 0.222 e. The molecule has 1 N–H and O–H groups in total. The minimum atomic E-state index is 0.191. The van der Waals surface area contributed by atoms with Gasteiger partial charge in [-0.2, -0.15) is 0 Å². The molecule has 1 amide bonds. The Morgan fingerprint density at radius 2 is 2.08 bits per heavy atom. The molecule has 26 heavy (non-hydrogen) atoms. The summed E-state index contributed by atoms with van der Waals surface area (Å²) >= 11 is 0. The largest absolute Gasteiger partial charge is 0.348 e. The van der Waals surface area contributed by atoms with Gasteiger partial charge in [0.15, 0.2) is 0 Å². The van der Waals surface area contributed by atoms with Crippen molar-refractivity contribution in [1.29, 1.82) is 0 Å². The van der Waals surface area contributed by atoms with Gasteiger partial charge in [0.25, 0.3) is 0 Å². The van der Waals surface area contributed by atoms with Gasteiger partial charge in [0.05, 0.1) is 30.7 Å². The zero-order chi connectivity index (χ0) is 18.0. The lowest BCUT2D eigenvalue weighted by atomic mass is 9.73. The highest BCUT2D eigenvalue weighted by molar-refractivity contribution is 5.77. The number of carbonyl (C=O) groups excluding carboxylic acids is 1. The van der Waals surface area contributed by atoms with Crippen molar-refractivity contribution >= 4 is 5.91 Å². The third-order valence-electron chi connectivity index (χ3n) is 5.60. The number of nitrogens with zero attached hydrogens (tertiary/aromatic N) is 5. The van der Waals surface area contributed by atoms with Crippen molar-refractivity contribution in [2.75, 3.05) is 19.6 Å². The number of aromatic nitrogens is 4. The third-order valence-corrected chi connectivity index (χ3v) is 5.60. The van der Waals surface area contributed by atoms with Crippen molar-refractivity contribution in [2.24, 2.45) is 5.41 Å². The molecule has 7 heteroatoms. The fourth-order valence-corrected chi connectivity index (χ4v) is 4.32. The average Bonchev–Trinajstić information content (AvgIpc) is 3.14. The molecule has 0 aromatic carbocycles. The number of piperidine rings is 2. The second-order valence-electron chi connectivity index (χ2n) is 7.75. The lowest BCUT2D eigenvalue weighted by Crippen LogP contribution is -2.53. The van der Waals surface area contributed by atoms with Crippen LogP contribution in [-0.2, 0) is 17.9 Å². The average molecular weight is 354 g/mol. The van der Waals surface area contributed by atoms with Gasteiger partial charge in [-0.3, -0.25) is 19.7 Å². The molecular formula is C19H26N6O. The topological polar surface area (TPSA) is 78.0 Å². The number of hydrogen-bond acceptors (Lipinski definition) is 5. The first kappa shape index (κ1) is 17.1. The lowest BCUT2D eigenvalue weighted by molar-refractivity contribution is -0.140. The first-order valence-corrected chi connectivity index (χ1v) is 9.38. The van der Waals surface area contributed by atoms with Crippen LogP contribution in [0.3, 0.4) is 0 Å². The van der Waals surface area contributed by atoms with E-state index in [1.807, 2.05) is 18.0 Å². The molecule has 4 rings (SSSR count). The molecule has 0 radical (unpaired) electrons. The van der Waals surface area contributed by atoms with E-state index in [9.17, 15) is 4.79 Å². The fraction of sp³-hybridized carbons (Fsp3) is 0.579. The number of aryl methyl sites for hydroxylation is 1. The van der Waals surface area contributed by atoms with Crippen LogP contribution in [0.5, 0.6) is 0 Å². The molecule has 4 heterocycles. The normalized spacial score (nSPS) is 24.3. The highest BCUT2D eigenvalue weighted by Crippen LogP contribution is 2.39. The minimum Gasteiger partial charge on any atom is -0.348 e. The van der Waals surface area contributed by atoms with Crippen molar-refractivity contribution < 1.29 is 4.79 Å². The van der Waals surface area contributed by atoms with E-state index < -0.39 is 0 Å². The smallest absolute Gasteiger partial charge is 0.222 e. The molecular weight excluding hydrogens is 328 g/mol. The number of amides is 1. The van der Waals surface area contributed by atoms with Crippen molar-refractivity contribution in [1.82, 2.24) is 29.7 Å². The maximum absolute atomic E-state index is 12.5. The minimum absolute atomic E-state index is 0.191. The quantitative estimate of drug-likeness (QED) is 0.907. The van der Waals surface area contributed by atoms with Gasteiger partial charge in [-0.15, -0.1) is 0 Å². The highest BCUT2D eigenvalue weighted by Gasteiger charge is 2.41. The fourth-order valence-electron chi connectivity index (χ4n) is 4.32. The molecule has 2 fully saturated rings. The van der Waals surface area contributed by atoms with Crippen molar-refractivity contribution in [2.45, 2.75) is 45.7 Å². The molecule has 2 aliphatic rings. The molecule has 0 saturated carbocycles. The van der Waals surface area contributed by atoms with E-state index in [4.69, 9.17) is 0 Å². The van der Waals surface area contributed by atoms with Crippen molar-refractivity contribution in [3.8, 4) is 0 Å². The van der Waals surface area contributed by atoms with Gasteiger partial charge >= 0.3 is 0 Å². The first-order chi connectivity index (χ1) is 12.6. The van der Waals surface area contributed by atoms with Crippen LogP contribution >= 0.6 is 0 Å². The molecule has 1 atom stereocenters. The second kappa shape index (κ2) is 7.15. The number of nitrogens with one attached hydrogen (secondary N) is 1. The number of carbonyl (C=O) groups is 1. The Kier molecular flexibility index (Phi) is 4.72. The second-order valence-corrected chi connectivity index (χ2v) is 7.75. The van der Waals surface area contributed by atoms with Crippen LogP contribution in [0.2, 0.25) is 0 Å². The maximum atomic E-state index is 12.5. The van der Waals surface area contributed by atoms with Gasteiger partial charge in [-0.25, -0.2) is 4.98 Å². The molecule has 0 unspecified atom stereocenters. The Bertz CT molecular complexity index is 744. The molecule has 7 nitrogen and oxygen atoms in total. The van der Waals surface area contributed by atoms with E-state index >= 15 is 0 Å². The van der Waals surface area contributed by atoms with Crippen LogP contribution in [0.15, 0.2) is 24.8 Å². The Morgan fingerprint density at radius 1 is 1.15 bits per heavy atom. The number of aromatic amines is 1. The lowest BCUT2D eigenvalue weighted by Gasteiger charge is -2.48. The van der Waals surface area contributed by atoms with Crippen molar-refractivity contribution in [3.05, 3.63) is 42.0 Å². The van der Waals surface area contributed by atoms with Crippen molar-refractivity contribution in [3.63, 3.8) is 0 Å². The summed E-state index contributed by atoms with van der Waals surface area (Å²) in [6, 6.07) is 0. The number of hydrogen-bond donors (Lipinski definition) is 1. The predicted octanol–water partition coefficient (Wildman–Crippen LogP) is 1.91. The summed E-state index contributed by atoms with van der Waals surface area (Å²) in [6.07, 6.45) is 11.2. The zero-order valence-corrected chi connectivity index (χ0v) is 15.3. The van der Waals surface area contributed by atoms with Gasteiger partial charge in [0, 0.05) is 43.5 Å². The first-order valence-electron chi connectivity index (χ1n) is 9.38. The van der Waals surface area contributed by atoms with Gasteiger partial charge in [-0.05, 0) is 32.7 Å².